The Morgan fingerprint density at radius 3 is 2.61 bits per heavy atom. The average Bonchev–Trinajstić information content (AvgIpc) is 2.49. The monoisotopic (exact) mass is 377 g/mol. The summed E-state index contributed by atoms with van der Waals surface area (Å²) in [5.41, 5.74) is 0.569. The maximum Gasteiger partial charge on any atom is 0.244 e. The van der Waals surface area contributed by atoms with Gasteiger partial charge in [0.2, 0.25) is 10.0 Å². The Bertz CT molecular complexity index is 674. The topological polar surface area (TPSA) is 70.7 Å². The van der Waals surface area contributed by atoms with E-state index in [1.165, 1.54) is 10.4 Å². The molecule has 0 radical (unpaired) electrons. The summed E-state index contributed by atoms with van der Waals surface area (Å²) in [6, 6.07) is 4.92. The van der Waals surface area contributed by atoms with Crippen molar-refractivity contribution >= 4 is 44.6 Å². The molecule has 0 spiro atoms. The highest BCUT2D eigenvalue weighted by Gasteiger charge is 2.28. The summed E-state index contributed by atoms with van der Waals surface area (Å²) in [7, 11) is -3.66. The molecule has 0 bridgehead atoms. The van der Waals surface area contributed by atoms with Gasteiger partial charge in [-0.2, -0.15) is 4.31 Å². The predicted octanol–water partition coefficient (Wildman–Crippen LogP) is 2.06. The zero-order chi connectivity index (χ0) is 17.0. The fourth-order valence-corrected chi connectivity index (χ4v) is 4.40. The predicted molar refractivity (Wildman–Crippen MR) is 95.5 cm³/mol. The smallest absolute Gasteiger partial charge is 0.244 e. The van der Waals surface area contributed by atoms with Crippen molar-refractivity contribution in [1.29, 1.82) is 0 Å². The summed E-state index contributed by atoms with van der Waals surface area (Å²) in [4.78, 5) is 0.0680. The van der Waals surface area contributed by atoms with E-state index in [4.69, 9.17) is 28.6 Å². The van der Waals surface area contributed by atoms with E-state index in [1.54, 1.807) is 12.1 Å². The summed E-state index contributed by atoms with van der Waals surface area (Å²) in [6.45, 7) is 5.34. The quantitative estimate of drug-likeness (QED) is 0.782. The lowest BCUT2D eigenvalue weighted by Crippen LogP contribution is -2.40. The minimum Gasteiger partial charge on any atom is -0.379 e. The number of ether oxygens (including phenoxy) is 1. The van der Waals surface area contributed by atoms with Gasteiger partial charge in [-0.15, -0.1) is 0 Å². The van der Waals surface area contributed by atoms with Gasteiger partial charge in [-0.3, -0.25) is 0 Å². The molecule has 1 aromatic rings. The van der Waals surface area contributed by atoms with Gasteiger partial charge in [-0.05, 0) is 44.3 Å². The van der Waals surface area contributed by atoms with Gasteiger partial charge < -0.3 is 15.4 Å². The van der Waals surface area contributed by atoms with Crippen molar-refractivity contribution in [2.24, 2.45) is 0 Å². The molecule has 0 unspecified atom stereocenters. The molecule has 1 fully saturated rings. The highest BCUT2D eigenvalue weighted by atomic mass is 35.5. The number of rotatable bonds is 4. The lowest BCUT2D eigenvalue weighted by Gasteiger charge is -2.26. The van der Waals surface area contributed by atoms with E-state index in [-0.39, 0.29) is 16.0 Å². The summed E-state index contributed by atoms with van der Waals surface area (Å²) in [5, 5.41) is 6.62. The lowest BCUT2D eigenvalue weighted by atomic mass is 10.3. The highest BCUT2D eigenvalue weighted by molar-refractivity contribution is 7.89. The number of hydrogen-bond donors (Lipinski definition) is 2. The molecule has 1 aliphatic heterocycles. The molecule has 2 rings (SSSR count). The van der Waals surface area contributed by atoms with Gasteiger partial charge in [0.1, 0.15) is 4.90 Å². The van der Waals surface area contributed by atoms with Crippen LogP contribution < -0.4 is 10.6 Å². The Kier molecular flexibility index (Phi) is 6.21. The van der Waals surface area contributed by atoms with Crippen LogP contribution in [0.1, 0.15) is 13.8 Å². The molecule has 9 heteroatoms. The first-order chi connectivity index (χ1) is 10.8. The first-order valence-electron chi connectivity index (χ1n) is 7.25. The Labute approximate surface area is 147 Å². The average molecular weight is 378 g/mol. The number of anilines is 1. The van der Waals surface area contributed by atoms with E-state index in [1.807, 2.05) is 13.8 Å². The summed E-state index contributed by atoms with van der Waals surface area (Å²) < 4.78 is 32.0. The van der Waals surface area contributed by atoms with E-state index < -0.39 is 10.0 Å². The van der Waals surface area contributed by atoms with Crippen molar-refractivity contribution in [1.82, 2.24) is 9.62 Å². The minimum atomic E-state index is -3.66. The number of sulfonamides is 1. The molecule has 1 heterocycles. The molecule has 1 aliphatic rings. The van der Waals surface area contributed by atoms with Gasteiger partial charge in [-0.1, -0.05) is 11.6 Å². The van der Waals surface area contributed by atoms with Crippen molar-refractivity contribution in [3.8, 4) is 0 Å². The molecule has 1 saturated heterocycles. The van der Waals surface area contributed by atoms with Crippen LogP contribution >= 0.6 is 23.8 Å². The van der Waals surface area contributed by atoms with Gasteiger partial charge in [-0.25, -0.2) is 8.42 Å². The maximum absolute atomic E-state index is 12.7. The zero-order valence-electron chi connectivity index (χ0n) is 13.0. The van der Waals surface area contributed by atoms with Crippen molar-refractivity contribution < 1.29 is 13.2 Å². The standard InChI is InChI=1S/C14H20ClN3O3S2/c1-10(2)16-14(22)17-11-3-4-12(15)13(9-11)23(19,20)18-5-7-21-8-6-18/h3-4,9-10H,5-8H2,1-2H3,(H2,16,17,22). The molecule has 6 nitrogen and oxygen atoms in total. The summed E-state index contributed by atoms with van der Waals surface area (Å²) in [6.07, 6.45) is 0. The number of hydrogen-bond acceptors (Lipinski definition) is 4. The first-order valence-corrected chi connectivity index (χ1v) is 9.48. The van der Waals surface area contributed by atoms with Gasteiger partial charge in [0.05, 0.1) is 18.2 Å². The van der Waals surface area contributed by atoms with E-state index in [2.05, 4.69) is 10.6 Å². The highest BCUT2D eigenvalue weighted by Crippen LogP contribution is 2.28. The van der Waals surface area contributed by atoms with Crippen molar-refractivity contribution in [3.63, 3.8) is 0 Å². The molecule has 0 amide bonds. The van der Waals surface area contributed by atoms with Gasteiger partial charge >= 0.3 is 0 Å². The van der Waals surface area contributed by atoms with Crippen LogP contribution in [0.15, 0.2) is 23.1 Å². The Balaban J connectivity index is 2.24. The Morgan fingerprint density at radius 2 is 2.00 bits per heavy atom. The van der Waals surface area contributed by atoms with Crippen LogP contribution in [0.25, 0.3) is 0 Å². The molecular formula is C14H20ClN3O3S2. The SMILES string of the molecule is CC(C)NC(=S)Nc1ccc(Cl)c(S(=O)(=O)N2CCOCC2)c1. The number of benzene rings is 1. The van der Waals surface area contributed by atoms with Crippen LogP contribution in [0, 0.1) is 0 Å². The van der Waals surface area contributed by atoms with Crippen LogP contribution in [0.3, 0.4) is 0 Å². The molecule has 2 N–H and O–H groups in total. The molecule has 1 aromatic carbocycles. The number of nitrogens with one attached hydrogen (secondary N) is 2. The van der Waals surface area contributed by atoms with E-state index in [0.717, 1.165) is 0 Å². The molecular weight excluding hydrogens is 358 g/mol. The second-order valence-corrected chi connectivity index (χ2v) is 8.14. The number of thiocarbonyl (C=S) groups is 1. The Morgan fingerprint density at radius 1 is 1.35 bits per heavy atom. The first kappa shape index (κ1) is 18.4. The van der Waals surface area contributed by atoms with Gasteiger partial charge in [0.25, 0.3) is 0 Å². The van der Waals surface area contributed by atoms with Crippen molar-refractivity contribution in [2.75, 3.05) is 31.6 Å². The molecule has 0 saturated carbocycles. The number of halogens is 1. The van der Waals surface area contributed by atoms with Crippen LogP contribution in [-0.2, 0) is 14.8 Å². The van der Waals surface area contributed by atoms with E-state index in [9.17, 15) is 8.42 Å². The second kappa shape index (κ2) is 7.76. The largest absolute Gasteiger partial charge is 0.379 e. The van der Waals surface area contributed by atoms with Crippen LogP contribution in [0.4, 0.5) is 5.69 Å². The lowest BCUT2D eigenvalue weighted by molar-refractivity contribution is 0.0730. The van der Waals surface area contributed by atoms with Gasteiger partial charge in [0.15, 0.2) is 5.11 Å². The normalized spacial score (nSPS) is 16.3. The van der Waals surface area contributed by atoms with Gasteiger partial charge in [0, 0.05) is 24.8 Å². The zero-order valence-corrected chi connectivity index (χ0v) is 15.4. The van der Waals surface area contributed by atoms with E-state index in [0.29, 0.717) is 37.1 Å². The molecule has 0 atom stereocenters. The van der Waals surface area contributed by atoms with Crippen LogP contribution in [-0.4, -0.2) is 50.2 Å². The second-order valence-electron chi connectivity index (χ2n) is 5.41. The number of morpholine rings is 1. The van der Waals surface area contributed by atoms with Crippen LogP contribution in [0.2, 0.25) is 5.02 Å². The third-order valence-corrected chi connectivity index (χ3v) is 5.80. The third kappa shape index (κ3) is 4.77. The van der Waals surface area contributed by atoms with E-state index >= 15 is 0 Å². The minimum absolute atomic E-state index is 0.0680. The van der Waals surface area contributed by atoms with Crippen LogP contribution in [0.5, 0.6) is 0 Å². The molecule has 0 aromatic heterocycles. The fourth-order valence-electron chi connectivity index (χ4n) is 2.13. The van der Waals surface area contributed by atoms with Crippen molar-refractivity contribution in [2.45, 2.75) is 24.8 Å². The fraction of sp³-hybridized carbons (Fsp3) is 0.500. The summed E-state index contributed by atoms with van der Waals surface area (Å²) >= 11 is 11.3. The van der Waals surface area contributed by atoms with Crippen molar-refractivity contribution in [3.05, 3.63) is 23.2 Å². The Hall–Kier alpha value is -0.930. The molecule has 23 heavy (non-hydrogen) atoms. The molecule has 0 aliphatic carbocycles. The number of nitrogens with zero attached hydrogens (tertiary/aromatic N) is 1. The molecule has 128 valence electrons. The maximum atomic E-state index is 12.7. The third-order valence-electron chi connectivity index (χ3n) is 3.20. The summed E-state index contributed by atoms with van der Waals surface area (Å²) in [5.74, 6) is 0.